The molecule has 1 aromatic heterocycles. The normalized spacial score (nSPS) is 11.5. The highest BCUT2D eigenvalue weighted by Gasteiger charge is 2.20. The standard InChI is InChI=1S/C27H21N3O2/c1-3-21(22-10-6-5-9-19(22)16-28)27(18-13-14-24-20(15-18)17-29-30-24)23-11-7-8-12-25(23)32-26(31)4-2/h4-15,17H,2-3H2,1H3,(H,29,30)/b27-21+. The number of rotatable bonds is 6. The Labute approximate surface area is 186 Å². The summed E-state index contributed by atoms with van der Waals surface area (Å²) in [7, 11) is 0. The fourth-order valence-corrected chi connectivity index (χ4v) is 3.85. The van der Waals surface area contributed by atoms with Crippen molar-refractivity contribution >= 4 is 28.0 Å². The van der Waals surface area contributed by atoms with Crippen LogP contribution in [0.3, 0.4) is 0 Å². The SMILES string of the molecule is C=CC(=O)Oc1ccccc1/C(=C(\CC)c1ccccc1C#N)c1ccc2[nH]ncc2c1. The van der Waals surface area contributed by atoms with E-state index in [9.17, 15) is 10.1 Å². The van der Waals surface area contributed by atoms with Crippen LogP contribution in [0.1, 0.15) is 35.6 Å². The van der Waals surface area contributed by atoms with Crippen molar-refractivity contribution in [2.75, 3.05) is 0 Å². The van der Waals surface area contributed by atoms with E-state index in [1.165, 1.54) is 0 Å². The van der Waals surface area contributed by atoms with Gasteiger partial charge in [-0.05, 0) is 53.0 Å². The van der Waals surface area contributed by atoms with Gasteiger partial charge in [0.15, 0.2) is 0 Å². The van der Waals surface area contributed by atoms with Gasteiger partial charge in [0.25, 0.3) is 0 Å². The van der Waals surface area contributed by atoms with E-state index in [0.29, 0.717) is 17.7 Å². The molecule has 5 heteroatoms. The van der Waals surface area contributed by atoms with Gasteiger partial charge in [-0.1, -0.05) is 56.0 Å². The van der Waals surface area contributed by atoms with E-state index in [0.717, 1.165) is 44.8 Å². The van der Waals surface area contributed by atoms with Gasteiger partial charge in [-0.15, -0.1) is 0 Å². The lowest BCUT2D eigenvalue weighted by atomic mass is 9.86. The summed E-state index contributed by atoms with van der Waals surface area (Å²) in [5.41, 5.74) is 5.94. The lowest BCUT2D eigenvalue weighted by Gasteiger charge is -2.19. The quantitative estimate of drug-likeness (QED) is 0.183. The number of hydrogen-bond donors (Lipinski definition) is 1. The van der Waals surface area contributed by atoms with Crippen LogP contribution in [0.2, 0.25) is 0 Å². The summed E-state index contributed by atoms with van der Waals surface area (Å²) >= 11 is 0. The van der Waals surface area contributed by atoms with Crippen LogP contribution in [0, 0.1) is 11.3 Å². The fourth-order valence-electron chi connectivity index (χ4n) is 3.85. The molecule has 0 saturated carbocycles. The van der Waals surface area contributed by atoms with Crippen LogP contribution in [0.15, 0.2) is 85.6 Å². The topological polar surface area (TPSA) is 78.8 Å². The number of fused-ring (bicyclic) bond motifs is 1. The molecule has 0 atom stereocenters. The number of hydrogen-bond acceptors (Lipinski definition) is 4. The van der Waals surface area contributed by atoms with Crippen molar-refractivity contribution in [3.8, 4) is 11.8 Å². The summed E-state index contributed by atoms with van der Waals surface area (Å²) < 4.78 is 5.58. The molecule has 3 aromatic carbocycles. The summed E-state index contributed by atoms with van der Waals surface area (Å²) in [5.74, 6) is -0.0994. The number of nitrogens with one attached hydrogen (secondary N) is 1. The average molecular weight is 419 g/mol. The summed E-state index contributed by atoms with van der Waals surface area (Å²) in [6, 6.07) is 23.3. The number of aromatic nitrogens is 2. The maximum Gasteiger partial charge on any atom is 0.335 e. The van der Waals surface area contributed by atoms with Crippen LogP contribution < -0.4 is 4.74 Å². The third-order valence-electron chi connectivity index (χ3n) is 5.29. The largest absolute Gasteiger partial charge is 0.423 e. The molecule has 32 heavy (non-hydrogen) atoms. The van der Waals surface area contributed by atoms with Crippen molar-refractivity contribution in [3.05, 3.63) is 108 Å². The van der Waals surface area contributed by atoms with Crippen molar-refractivity contribution in [3.63, 3.8) is 0 Å². The van der Waals surface area contributed by atoms with Crippen molar-refractivity contribution in [2.24, 2.45) is 0 Å². The summed E-state index contributed by atoms with van der Waals surface area (Å²) in [4.78, 5) is 12.0. The van der Waals surface area contributed by atoms with Crippen LogP contribution in [0.4, 0.5) is 0 Å². The molecular weight excluding hydrogens is 398 g/mol. The average Bonchev–Trinajstić information content (AvgIpc) is 3.31. The summed E-state index contributed by atoms with van der Waals surface area (Å²) in [6.45, 7) is 5.56. The third-order valence-corrected chi connectivity index (χ3v) is 5.29. The Hall–Kier alpha value is -4.43. The number of carbonyl (C=O) groups excluding carboxylic acids is 1. The predicted octanol–water partition coefficient (Wildman–Crippen LogP) is 5.90. The Bertz CT molecular complexity index is 1390. The second kappa shape index (κ2) is 9.15. The van der Waals surface area contributed by atoms with Gasteiger partial charge in [0.05, 0.1) is 23.3 Å². The first-order valence-corrected chi connectivity index (χ1v) is 10.3. The molecule has 4 rings (SSSR count). The number of allylic oxidation sites excluding steroid dienone is 1. The van der Waals surface area contributed by atoms with Gasteiger partial charge in [0, 0.05) is 17.0 Å². The second-order valence-electron chi connectivity index (χ2n) is 7.16. The van der Waals surface area contributed by atoms with E-state index >= 15 is 0 Å². The Morgan fingerprint density at radius 2 is 1.88 bits per heavy atom. The Kier molecular flexibility index (Phi) is 5.96. The number of esters is 1. The van der Waals surface area contributed by atoms with Crippen LogP contribution in [0.5, 0.6) is 5.75 Å². The minimum absolute atomic E-state index is 0.431. The van der Waals surface area contributed by atoms with Crippen molar-refractivity contribution < 1.29 is 9.53 Å². The van der Waals surface area contributed by atoms with Crippen LogP contribution in [0.25, 0.3) is 22.0 Å². The molecule has 0 aliphatic heterocycles. The zero-order valence-electron chi connectivity index (χ0n) is 17.6. The van der Waals surface area contributed by atoms with Gasteiger partial charge in [0.2, 0.25) is 0 Å². The van der Waals surface area contributed by atoms with E-state index in [1.54, 1.807) is 12.3 Å². The first-order valence-electron chi connectivity index (χ1n) is 10.3. The first kappa shape index (κ1) is 20.8. The number of benzene rings is 3. The van der Waals surface area contributed by atoms with Crippen LogP contribution >= 0.6 is 0 Å². The zero-order chi connectivity index (χ0) is 22.5. The lowest BCUT2D eigenvalue weighted by molar-refractivity contribution is -0.128. The highest BCUT2D eigenvalue weighted by Crippen LogP contribution is 2.40. The Balaban J connectivity index is 2.06. The van der Waals surface area contributed by atoms with Gasteiger partial charge in [0.1, 0.15) is 5.75 Å². The number of aromatic amines is 1. The first-order chi connectivity index (χ1) is 15.7. The smallest absolute Gasteiger partial charge is 0.335 e. The highest BCUT2D eigenvalue weighted by atomic mass is 16.5. The van der Waals surface area contributed by atoms with Gasteiger partial charge in [-0.2, -0.15) is 10.4 Å². The summed E-state index contributed by atoms with van der Waals surface area (Å²) in [5, 5.41) is 17.8. The maximum atomic E-state index is 12.0. The minimum Gasteiger partial charge on any atom is -0.423 e. The molecule has 0 radical (unpaired) electrons. The number of H-pyrrole nitrogens is 1. The molecule has 0 saturated heterocycles. The molecule has 1 N–H and O–H groups in total. The Morgan fingerprint density at radius 3 is 2.62 bits per heavy atom. The van der Waals surface area contributed by atoms with Crippen molar-refractivity contribution in [2.45, 2.75) is 13.3 Å². The van der Waals surface area contributed by atoms with Gasteiger partial charge >= 0.3 is 5.97 Å². The van der Waals surface area contributed by atoms with E-state index in [1.807, 2.05) is 60.7 Å². The van der Waals surface area contributed by atoms with Gasteiger partial charge < -0.3 is 4.74 Å². The molecular formula is C27H21N3O2. The monoisotopic (exact) mass is 419 g/mol. The van der Waals surface area contributed by atoms with Crippen LogP contribution in [-0.4, -0.2) is 16.2 Å². The second-order valence-corrected chi connectivity index (χ2v) is 7.16. The number of nitriles is 1. The molecule has 0 spiro atoms. The number of carbonyl (C=O) groups is 1. The fraction of sp³-hybridized carbons (Fsp3) is 0.0741. The number of nitrogens with zero attached hydrogens (tertiary/aromatic N) is 2. The molecule has 156 valence electrons. The molecule has 0 unspecified atom stereocenters. The predicted molar refractivity (Wildman–Crippen MR) is 126 cm³/mol. The van der Waals surface area contributed by atoms with E-state index in [4.69, 9.17) is 4.74 Å². The van der Waals surface area contributed by atoms with Gasteiger partial charge in [-0.3, -0.25) is 5.10 Å². The van der Waals surface area contributed by atoms with Gasteiger partial charge in [-0.25, -0.2) is 4.79 Å². The van der Waals surface area contributed by atoms with Crippen molar-refractivity contribution in [1.82, 2.24) is 10.2 Å². The van der Waals surface area contributed by atoms with E-state index in [-0.39, 0.29) is 0 Å². The maximum absolute atomic E-state index is 12.0. The lowest BCUT2D eigenvalue weighted by Crippen LogP contribution is -2.06. The molecule has 0 aliphatic carbocycles. The van der Waals surface area contributed by atoms with Crippen LogP contribution in [-0.2, 0) is 4.79 Å². The van der Waals surface area contributed by atoms with Crippen molar-refractivity contribution in [1.29, 1.82) is 5.26 Å². The number of para-hydroxylation sites is 1. The zero-order valence-corrected chi connectivity index (χ0v) is 17.6. The molecule has 5 nitrogen and oxygen atoms in total. The highest BCUT2D eigenvalue weighted by molar-refractivity contribution is 6.02. The van der Waals surface area contributed by atoms with E-state index < -0.39 is 5.97 Å². The third kappa shape index (κ3) is 3.94. The molecule has 0 fully saturated rings. The number of ether oxygens (including phenoxy) is 1. The molecule has 1 heterocycles. The summed E-state index contributed by atoms with van der Waals surface area (Å²) in [6.07, 6.45) is 3.58. The molecule has 0 aliphatic rings. The molecule has 4 aromatic rings. The molecule has 0 amide bonds. The Morgan fingerprint density at radius 1 is 1.12 bits per heavy atom. The van der Waals surface area contributed by atoms with E-state index in [2.05, 4.69) is 29.8 Å². The minimum atomic E-state index is -0.530. The molecule has 0 bridgehead atoms.